The molecule has 0 unspecified atom stereocenters. The van der Waals surface area contributed by atoms with Gasteiger partial charge in [-0.3, -0.25) is 5.10 Å². The zero-order valence-electron chi connectivity index (χ0n) is 19.3. The number of ether oxygens (including phenoxy) is 1. The molecule has 0 aliphatic rings. The second-order valence-electron chi connectivity index (χ2n) is 7.63. The van der Waals surface area contributed by atoms with E-state index in [1.807, 2.05) is 69.5 Å². The van der Waals surface area contributed by atoms with Gasteiger partial charge in [-0.05, 0) is 69.0 Å². The van der Waals surface area contributed by atoms with Crippen LogP contribution in [0.15, 0.2) is 59.5 Å². The molecule has 2 heterocycles. The number of nitrogens with one attached hydrogen (secondary N) is 4. The minimum atomic E-state index is -0.322. The third kappa shape index (κ3) is 6.04. The maximum absolute atomic E-state index is 12.4. The monoisotopic (exact) mass is 475 g/mol. The zero-order valence-corrected chi connectivity index (χ0v) is 20.1. The van der Waals surface area contributed by atoms with Crippen LogP contribution < -0.4 is 20.7 Å². The smallest absolute Gasteiger partial charge is 0.324 e. The van der Waals surface area contributed by atoms with Crippen molar-refractivity contribution in [1.82, 2.24) is 20.2 Å². The van der Waals surface area contributed by atoms with Gasteiger partial charge in [0.05, 0.1) is 0 Å². The van der Waals surface area contributed by atoms with Gasteiger partial charge in [-0.2, -0.15) is 10.1 Å². The molecule has 0 aliphatic heterocycles. The summed E-state index contributed by atoms with van der Waals surface area (Å²) < 4.78 is 5.93. The molecule has 2 amide bonds. The first-order valence-corrected chi connectivity index (χ1v) is 11.8. The second kappa shape index (κ2) is 10.3. The lowest BCUT2D eigenvalue weighted by Gasteiger charge is -2.12. The van der Waals surface area contributed by atoms with E-state index in [-0.39, 0.29) is 12.0 Å². The van der Waals surface area contributed by atoms with E-state index in [1.54, 1.807) is 23.9 Å². The number of carbonyl (C=O) groups is 1. The second-order valence-corrected chi connectivity index (χ2v) is 8.51. The highest BCUT2D eigenvalue weighted by molar-refractivity contribution is 7.98. The predicted octanol–water partition coefficient (Wildman–Crippen LogP) is 6.03. The van der Waals surface area contributed by atoms with Gasteiger partial charge in [0.15, 0.2) is 5.82 Å². The molecule has 4 N–H and O–H groups in total. The molecular weight excluding hydrogens is 450 g/mol. The normalized spacial score (nSPS) is 10.6. The number of amides is 2. The summed E-state index contributed by atoms with van der Waals surface area (Å²) in [7, 11) is 0. The number of hydrogen-bond donors (Lipinski definition) is 4. The molecule has 0 saturated heterocycles. The summed E-state index contributed by atoms with van der Waals surface area (Å²) in [6, 6.07) is 16.6. The Morgan fingerprint density at radius 2 is 1.74 bits per heavy atom. The Morgan fingerprint density at radius 3 is 2.44 bits per heavy atom. The van der Waals surface area contributed by atoms with Crippen LogP contribution in [0.1, 0.15) is 17.0 Å². The van der Waals surface area contributed by atoms with Crippen LogP contribution in [-0.4, -0.2) is 32.5 Å². The quantitative estimate of drug-likeness (QED) is 0.241. The highest BCUT2D eigenvalue weighted by Crippen LogP contribution is 2.27. The molecule has 0 aliphatic carbocycles. The number of benzene rings is 2. The largest absolute Gasteiger partial charge is 0.424 e. The molecule has 0 bridgehead atoms. The number of anilines is 4. The molecule has 0 radical (unpaired) electrons. The van der Waals surface area contributed by atoms with Crippen molar-refractivity contribution in [1.29, 1.82) is 0 Å². The fourth-order valence-electron chi connectivity index (χ4n) is 3.20. The number of hydrogen-bond acceptors (Lipinski definition) is 7. The van der Waals surface area contributed by atoms with Crippen LogP contribution in [0.5, 0.6) is 11.8 Å². The topological polar surface area (TPSA) is 117 Å². The number of H-pyrrole nitrogens is 1. The molecule has 10 heteroatoms. The van der Waals surface area contributed by atoms with Crippen molar-refractivity contribution >= 4 is 40.8 Å². The van der Waals surface area contributed by atoms with Crippen molar-refractivity contribution in [2.75, 3.05) is 22.2 Å². The van der Waals surface area contributed by atoms with Crippen LogP contribution in [0, 0.1) is 20.8 Å². The molecule has 0 atom stereocenters. The summed E-state index contributed by atoms with van der Waals surface area (Å²) in [5, 5.41) is 15.9. The van der Waals surface area contributed by atoms with E-state index in [2.05, 4.69) is 36.1 Å². The van der Waals surface area contributed by atoms with Gasteiger partial charge in [0.1, 0.15) is 11.6 Å². The average Bonchev–Trinajstić information content (AvgIpc) is 3.19. The molecule has 4 aromatic rings. The van der Waals surface area contributed by atoms with E-state index >= 15 is 0 Å². The van der Waals surface area contributed by atoms with E-state index < -0.39 is 0 Å². The van der Waals surface area contributed by atoms with Crippen molar-refractivity contribution in [3.05, 3.63) is 71.5 Å². The molecule has 0 spiro atoms. The molecule has 34 heavy (non-hydrogen) atoms. The lowest BCUT2D eigenvalue weighted by Crippen LogP contribution is -2.19. The van der Waals surface area contributed by atoms with Crippen molar-refractivity contribution in [3.8, 4) is 11.8 Å². The minimum absolute atomic E-state index is 0.213. The number of aromatic amines is 1. The Hall–Kier alpha value is -4.05. The molecule has 2 aromatic heterocycles. The van der Waals surface area contributed by atoms with Gasteiger partial charge in [-0.15, -0.1) is 11.8 Å². The van der Waals surface area contributed by atoms with Gasteiger partial charge < -0.3 is 20.7 Å². The van der Waals surface area contributed by atoms with Crippen LogP contribution in [0.3, 0.4) is 0 Å². The Bertz CT molecular complexity index is 1320. The molecule has 0 fully saturated rings. The summed E-state index contributed by atoms with van der Waals surface area (Å²) in [6.45, 7) is 5.68. The lowest BCUT2D eigenvalue weighted by atomic mass is 10.2. The average molecular weight is 476 g/mol. The van der Waals surface area contributed by atoms with Crippen molar-refractivity contribution < 1.29 is 9.53 Å². The molecular formula is C24H25N7O2S. The number of aryl methyl sites for hydroxylation is 3. The van der Waals surface area contributed by atoms with Gasteiger partial charge in [-0.1, -0.05) is 6.07 Å². The first kappa shape index (κ1) is 23.1. The number of urea groups is 1. The van der Waals surface area contributed by atoms with Crippen molar-refractivity contribution in [3.63, 3.8) is 0 Å². The van der Waals surface area contributed by atoms with Gasteiger partial charge in [-0.25, -0.2) is 9.78 Å². The van der Waals surface area contributed by atoms with Gasteiger partial charge in [0, 0.05) is 39.8 Å². The summed E-state index contributed by atoms with van der Waals surface area (Å²) in [6.07, 6.45) is 1.99. The number of thioether (sulfide) groups is 1. The molecule has 4 rings (SSSR count). The van der Waals surface area contributed by atoms with Gasteiger partial charge in [0.25, 0.3) is 0 Å². The number of rotatable bonds is 7. The summed E-state index contributed by atoms with van der Waals surface area (Å²) >= 11 is 1.62. The third-order valence-electron chi connectivity index (χ3n) is 4.76. The standard InChI is InChI=1S/C24H25N7O2S/c1-14-10-18(27-23(32)26-17-6-5-7-19(13-17)34-4)8-9-20(14)33-24-25-15(2)11-21(29-24)28-22-12-16(3)30-31-22/h5-13H,1-4H3,(H2,26,27,32)(H2,25,28,29,30,31). The number of aromatic nitrogens is 4. The summed E-state index contributed by atoms with van der Waals surface area (Å²) in [5.41, 5.74) is 3.88. The van der Waals surface area contributed by atoms with E-state index in [1.165, 1.54) is 0 Å². The van der Waals surface area contributed by atoms with Crippen LogP contribution in [0.4, 0.5) is 27.8 Å². The first-order chi connectivity index (χ1) is 16.4. The fourth-order valence-corrected chi connectivity index (χ4v) is 3.66. The van der Waals surface area contributed by atoms with E-state index in [0.717, 1.165) is 27.5 Å². The summed E-state index contributed by atoms with van der Waals surface area (Å²) in [5.74, 6) is 1.82. The van der Waals surface area contributed by atoms with Crippen LogP contribution in [0.2, 0.25) is 0 Å². The zero-order chi connectivity index (χ0) is 24.1. The Kier molecular flexibility index (Phi) is 6.98. The van der Waals surface area contributed by atoms with Crippen LogP contribution in [-0.2, 0) is 0 Å². The first-order valence-electron chi connectivity index (χ1n) is 10.5. The van der Waals surface area contributed by atoms with Crippen LogP contribution in [0.25, 0.3) is 0 Å². The predicted molar refractivity (Wildman–Crippen MR) is 135 cm³/mol. The van der Waals surface area contributed by atoms with Gasteiger partial charge in [0.2, 0.25) is 0 Å². The Balaban J connectivity index is 1.42. The number of carbonyl (C=O) groups excluding carboxylic acids is 1. The van der Waals surface area contributed by atoms with Crippen molar-refractivity contribution in [2.24, 2.45) is 0 Å². The molecule has 174 valence electrons. The Morgan fingerprint density at radius 1 is 0.941 bits per heavy atom. The third-order valence-corrected chi connectivity index (χ3v) is 5.48. The van der Waals surface area contributed by atoms with E-state index in [9.17, 15) is 4.79 Å². The lowest BCUT2D eigenvalue weighted by molar-refractivity contribution is 0.262. The molecule has 2 aromatic carbocycles. The highest BCUT2D eigenvalue weighted by atomic mass is 32.2. The maximum Gasteiger partial charge on any atom is 0.324 e. The summed E-state index contributed by atoms with van der Waals surface area (Å²) in [4.78, 5) is 22.3. The Labute approximate surface area is 201 Å². The van der Waals surface area contributed by atoms with E-state index in [0.29, 0.717) is 23.1 Å². The highest BCUT2D eigenvalue weighted by Gasteiger charge is 2.10. The van der Waals surface area contributed by atoms with Gasteiger partial charge >= 0.3 is 12.0 Å². The molecule has 9 nitrogen and oxygen atoms in total. The van der Waals surface area contributed by atoms with E-state index in [4.69, 9.17) is 4.74 Å². The fraction of sp³-hybridized carbons (Fsp3) is 0.167. The SMILES string of the molecule is CSc1cccc(NC(=O)Nc2ccc(Oc3nc(C)cc(Nc4cc(C)[nH]n4)n3)c(C)c2)c1. The number of nitrogens with zero attached hydrogens (tertiary/aromatic N) is 3. The van der Waals surface area contributed by atoms with Crippen molar-refractivity contribution in [2.45, 2.75) is 25.7 Å². The minimum Gasteiger partial charge on any atom is -0.424 e. The maximum atomic E-state index is 12.4. The van der Waals surface area contributed by atoms with Crippen LogP contribution >= 0.6 is 11.8 Å². The molecule has 0 saturated carbocycles.